The number of aromatic nitrogens is 1. The van der Waals surface area contributed by atoms with Gasteiger partial charge in [0.2, 0.25) is 0 Å². The third-order valence-electron chi connectivity index (χ3n) is 3.34. The Morgan fingerprint density at radius 3 is 2.86 bits per heavy atom. The van der Waals surface area contributed by atoms with Crippen molar-refractivity contribution in [2.24, 2.45) is 0 Å². The second kappa shape index (κ2) is 5.79. The molecule has 4 heteroatoms. The van der Waals surface area contributed by atoms with Gasteiger partial charge in [0, 0.05) is 18.1 Å². The van der Waals surface area contributed by atoms with Crippen LogP contribution < -0.4 is 5.32 Å². The summed E-state index contributed by atoms with van der Waals surface area (Å²) in [5, 5.41) is 14.7. The van der Waals surface area contributed by atoms with Crippen molar-refractivity contribution >= 4 is 16.6 Å². The van der Waals surface area contributed by atoms with Crippen LogP contribution in [0.2, 0.25) is 0 Å². The van der Waals surface area contributed by atoms with Crippen LogP contribution in [0.5, 0.6) is 5.75 Å². The summed E-state index contributed by atoms with van der Waals surface area (Å²) in [5.41, 5.74) is 0.936. The summed E-state index contributed by atoms with van der Waals surface area (Å²) in [6.07, 6.45) is 2.43. The summed E-state index contributed by atoms with van der Waals surface area (Å²) < 4.78 is 13.1. The largest absolute Gasteiger partial charge is 0.508 e. The van der Waals surface area contributed by atoms with Gasteiger partial charge in [0.15, 0.2) is 0 Å². The van der Waals surface area contributed by atoms with E-state index in [1.165, 1.54) is 12.1 Å². The summed E-state index contributed by atoms with van der Waals surface area (Å²) in [7, 11) is 0. The molecule has 0 aliphatic carbocycles. The molecule has 0 saturated carbocycles. The monoisotopic (exact) mass is 282 g/mol. The molecule has 2 aromatic carbocycles. The van der Waals surface area contributed by atoms with Gasteiger partial charge in [-0.1, -0.05) is 18.2 Å². The van der Waals surface area contributed by atoms with E-state index < -0.39 is 0 Å². The van der Waals surface area contributed by atoms with Crippen LogP contribution in [0, 0.1) is 5.82 Å². The Hall–Kier alpha value is -2.62. The lowest BCUT2D eigenvalue weighted by Gasteiger charge is -2.09. The van der Waals surface area contributed by atoms with E-state index in [0.717, 1.165) is 22.2 Å². The van der Waals surface area contributed by atoms with Crippen LogP contribution in [0.25, 0.3) is 10.8 Å². The van der Waals surface area contributed by atoms with Crippen LogP contribution >= 0.6 is 0 Å². The molecular weight excluding hydrogens is 267 g/mol. The van der Waals surface area contributed by atoms with Gasteiger partial charge in [0.05, 0.1) is 0 Å². The van der Waals surface area contributed by atoms with Crippen molar-refractivity contribution in [3.05, 3.63) is 66.1 Å². The highest BCUT2D eigenvalue weighted by Gasteiger charge is 2.03. The molecule has 21 heavy (non-hydrogen) atoms. The van der Waals surface area contributed by atoms with Crippen molar-refractivity contribution in [2.75, 3.05) is 11.9 Å². The number of phenolic OH excluding ortho intramolecular Hbond substituents is 1. The van der Waals surface area contributed by atoms with E-state index in [9.17, 15) is 9.50 Å². The molecule has 0 spiro atoms. The van der Waals surface area contributed by atoms with E-state index in [2.05, 4.69) is 10.3 Å². The topological polar surface area (TPSA) is 45.2 Å². The molecule has 0 radical (unpaired) electrons. The van der Waals surface area contributed by atoms with Gasteiger partial charge >= 0.3 is 0 Å². The van der Waals surface area contributed by atoms with Crippen molar-refractivity contribution in [1.82, 2.24) is 4.98 Å². The molecule has 2 N–H and O–H groups in total. The third kappa shape index (κ3) is 3.11. The van der Waals surface area contributed by atoms with Crippen molar-refractivity contribution in [3.63, 3.8) is 0 Å². The maximum atomic E-state index is 13.1. The van der Waals surface area contributed by atoms with Gasteiger partial charge in [-0.05, 0) is 47.7 Å². The number of hydrogen-bond donors (Lipinski definition) is 2. The molecule has 106 valence electrons. The number of anilines is 1. The second-order valence-electron chi connectivity index (χ2n) is 4.87. The van der Waals surface area contributed by atoms with E-state index in [1.54, 1.807) is 24.4 Å². The van der Waals surface area contributed by atoms with Crippen LogP contribution in [0.1, 0.15) is 5.56 Å². The van der Waals surface area contributed by atoms with Crippen LogP contribution in [0.15, 0.2) is 54.7 Å². The summed E-state index contributed by atoms with van der Waals surface area (Å²) in [6.45, 7) is 0.644. The van der Waals surface area contributed by atoms with Crippen molar-refractivity contribution < 1.29 is 9.50 Å². The Kier molecular flexibility index (Phi) is 3.69. The highest BCUT2D eigenvalue weighted by molar-refractivity contribution is 5.92. The van der Waals surface area contributed by atoms with Gasteiger partial charge in [-0.25, -0.2) is 9.37 Å². The Bertz CT molecular complexity index is 774. The minimum absolute atomic E-state index is 0.212. The molecule has 0 aliphatic heterocycles. The van der Waals surface area contributed by atoms with Crippen LogP contribution in [0.4, 0.5) is 10.2 Å². The Labute approximate surface area is 122 Å². The smallest absolute Gasteiger partial charge is 0.133 e. The zero-order valence-electron chi connectivity index (χ0n) is 11.4. The van der Waals surface area contributed by atoms with E-state index in [-0.39, 0.29) is 11.6 Å². The highest BCUT2D eigenvalue weighted by Crippen LogP contribution is 2.24. The number of hydrogen-bond acceptors (Lipinski definition) is 3. The quantitative estimate of drug-likeness (QED) is 0.766. The predicted octanol–water partition coefficient (Wildman–Crippen LogP) is 3.73. The maximum Gasteiger partial charge on any atom is 0.133 e. The van der Waals surface area contributed by atoms with E-state index in [0.29, 0.717) is 13.0 Å². The van der Waals surface area contributed by atoms with Gasteiger partial charge in [0.25, 0.3) is 0 Å². The van der Waals surface area contributed by atoms with Crippen LogP contribution in [-0.2, 0) is 6.42 Å². The first-order valence-electron chi connectivity index (χ1n) is 6.78. The number of aromatic hydroxyl groups is 1. The number of pyridine rings is 1. The SMILES string of the molecule is Oc1ccc2ccnc(NCCc3cccc(F)c3)c2c1. The Morgan fingerprint density at radius 1 is 1.10 bits per heavy atom. The number of nitrogens with one attached hydrogen (secondary N) is 1. The number of fused-ring (bicyclic) bond motifs is 1. The van der Waals surface area contributed by atoms with Crippen molar-refractivity contribution in [2.45, 2.75) is 6.42 Å². The van der Waals surface area contributed by atoms with Gasteiger partial charge in [-0.2, -0.15) is 0 Å². The van der Waals surface area contributed by atoms with Gasteiger partial charge in [-0.15, -0.1) is 0 Å². The molecule has 1 aromatic heterocycles. The van der Waals surface area contributed by atoms with Gasteiger partial charge in [0.1, 0.15) is 17.4 Å². The highest BCUT2D eigenvalue weighted by atomic mass is 19.1. The summed E-state index contributed by atoms with van der Waals surface area (Å²) in [6, 6.07) is 13.7. The molecule has 0 aliphatic rings. The third-order valence-corrected chi connectivity index (χ3v) is 3.34. The molecule has 3 aromatic rings. The molecule has 0 atom stereocenters. The lowest BCUT2D eigenvalue weighted by Crippen LogP contribution is -2.06. The fraction of sp³-hybridized carbons (Fsp3) is 0.118. The zero-order chi connectivity index (χ0) is 14.7. The van der Waals surface area contributed by atoms with Crippen LogP contribution in [-0.4, -0.2) is 16.6 Å². The molecule has 0 amide bonds. The fourth-order valence-corrected chi connectivity index (χ4v) is 2.31. The number of phenols is 1. The van der Waals surface area contributed by atoms with Crippen molar-refractivity contribution in [1.29, 1.82) is 0 Å². The number of benzene rings is 2. The number of halogens is 1. The molecule has 3 nitrogen and oxygen atoms in total. The van der Waals surface area contributed by atoms with E-state index in [1.807, 2.05) is 18.2 Å². The lowest BCUT2D eigenvalue weighted by molar-refractivity contribution is 0.476. The first-order valence-corrected chi connectivity index (χ1v) is 6.78. The molecule has 0 fully saturated rings. The first kappa shape index (κ1) is 13.4. The minimum Gasteiger partial charge on any atom is -0.508 e. The Morgan fingerprint density at radius 2 is 2.00 bits per heavy atom. The summed E-state index contributed by atoms with van der Waals surface area (Å²) in [5.74, 6) is 0.712. The lowest BCUT2D eigenvalue weighted by atomic mass is 10.1. The van der Waals surface area contributed by atoms with E-state index >= 15 is 0 Å². The average molecular weight is 282 g/mol. The molecule has 3 rings (SSSR count). The van der Waals surface area contributed by atoms with E-state index in [4.69, 9.17) is 0 Å². The fourth-order valence-electron chi connectivity index (χ4n) is 2.31. The minimum atomic E-state index is -0.222. The first-order chi connectivity index (χ1) is 10.2. The van der Waals surface area contributed by atoms with Crippen LogP contribution in [0.3, 0.4) is 0 Å². The average Bonchev–Trinajstić information content (AvgIpc) is 2.48. The molecule has 0 bridgehead atoms. The second-order valence-corrected chi connectivity index (χ2v) is 4.87. The molecular formula is C17H15FN2O. The Balaban J connectivity index is 1.75. The summed E-state index contributed by atoms with van der Waals surface area (Å²) >= 11 is 0. The van der Waals surface area contributed by atoms with Gasteiger partial charge < -0.3 is 10.4 Å². The molecule has 0 saturated heterocycles. The predicted molar refractivity (Wildman–Crippen MR) is 82.0 cm³/mol. The molecule has 0 unspecified atom stereocenters. The molecule has 1 heterocycles. The number of nitrogens with zero attached hydrogens (tertiary/aromatic N) is 1. The normalized spacial score (nSPS) is 10.7. The standard InChI is InChI=1S/C17H15FN2O/c18-14-3-1-2-12(10-14)6-8-19-17-16-11-15(21)5-4-13(16)7-9-20-17/h1-5,7,9-11,21H,6,8H2,(H,19,20). The maximum absolute atomic E-state index is 13.1. The summed E-state index contributed by atoms with van der Waals surface area (Å²) in [4.78, 5) is 4.30. The van der Waals surface area contributed by atoms with Crippen molar-refractivity contribution in [3.8, 4) is 5.75 Å². The number of rotatable bonds is 4. The zero-order valence-corrected chi connectivity index (χ0v) is 11.4. The van der Waals surface area contributed by atoms with Gasteiger partial charge in [-0.3, -0.25) is 0 Å².